The van der Waals surface area contributed by atoms with E-state index in [4.69, 9.17) is 4.42 Å². The molecule has 1 unspecified atom stereocenters. The minimum atomic E-state index is -0.645. The van der Waals surface area contributed by atoms with Gasteiger partial charge in [0.2, 0.25) is 5.76 Å². The maximum absolute atomic E-state index is 11.5. The van der Waals surface area contributed by atoms with E-state index in [0.717, 1.165) is 24.9 Å². The second kappa shape index (κ2) is 5.12. The van der Waals surface area contributed by atoms with E-state index in [1.54, 1.807) is 6.07 Å². The highest BCUT2D eigenvalue weighted by Gasteiger charge is 2.29. The first-order valence-corrected chi connectivity index (χ1v) is 6.11. The minimum Gasteiger partial charge on any atom is -0.463 e. The number of rotatable bonds is 3. The number of carbonyl (C=O) groups is 1. The summed E-state index contributed by atoms with van der Waals surface area (Å²) >= 11 is 0. The molecule has 1 fully saturated rings. The molecule has 1 aromatic heterocycles. The van der Waals surface area contributed by atoms with Crippen molar-refractivity contribution in [2.24, 2.45) is 0 Å². The van der Waals surface area contributed by atoms with E-state index in [1.807, 2.05) is 6.92 Å². The Morgan fingerprint density at radius 3 is 3.11 bits per heavy atom. The largest absolute Gasteiger partial charge is 0.463 e. The molecule has 1 aromatic rings. The van der Waals surface area contributed by atoms with Crippen molar-refractivity contribution in [2.75, 3.05) is 20.2 Å². The first-order valence-electron chi connectivity index (χ1n) is 6.11. The number of carbonyl (C=O) groups excluding carboxylic acids is 1. The number of nitrogens with zero attached hydrogens (tertiary/aromatic N) is 1. The second-order valence-corrected chi connectivity index (χ2v) is 5.08. The maximum Gasteiger partial charge on any atom is 0.374 e. The number of likely N-dealkylation sites (tertiary alicyclic amines) is 1. The number of hydrogen-bond donors (Lipinski definition) is 1. The van der Waals surface area contributed by atoms with Gasteiger partial charge in [-0.3, -0.25) is 4.90 Å². The number of esters is 1. The van der Waals surface area contributed by atoms with Crippen molar-refractivity contribution in [2.45, 2.75) is 31.9 Å². The zero-order chi connectivity index (χ0) is 13.2. The Hall–Kier alpha value is -1.33. The topological polar surface area (TPSA) is 62.9 Å². The summed E-state index contributed by atoms with van der Waals surface area (Å²) in [4.78, 5) is 13.6. The molecule has 2 rings (SSSR count). The van der Waals surface area contributed by atoms with Gasteiger partial charge in [-0.25, -0.2) is 4.79 Å². The molecule has 1 aliphatic rings. The van der Waals surface area contributed by atoms with Gasteiger partial charge in [-0.1, -0.05) is 0 Å². The van der Waals surface area contributed by atoms with Crippen molar-refractivity contribution >= 4 is 5.97 Å². The van der Waals surface area contributed by atoms with Gasteiger partial charge in [0, 0.05) is 18.7 Å². The quantitative estimate of drug-likeness (QED) is 0.825. The summed E-state index contributed by atoms with van der Waals surface area (Å²) in [5.74, 6) is -0.207. The van der Waals surface area contributed by atoms with Crippen LogP contribution in [0.3, 0.4) is 0 Å². The standard InChI is InChI=1S/C13H19NO4/c1-13(16)5-3-6-14(9-13)8-10-4-7-18-11(10)12(15)17-2/h4,7,16H,3,5-6,8-9H2,1-2H3. The molecule has 0 aromatic carbocycles. The Morgan fingerprint density at radius 2 is 2.44 bits per heavy atom. The van der Waals surface area contributed by atoms with Gasteiger partial charge >= 0.3 is 5.97 Å². The normalized spacial score (nSPS) is 25.1. The lowest BCUT2D eigenvalue weighted by atomic mass is 9.95. The number of aliphatic hydroxyl groups is 1. The minimum absolute atomic E-state index is 0.253. The van der Waals surface area contributed by atoms with Crippen LogP contribution >= 0.6 is 0 Å². The molecule has 1 saturated heterocycles. The van der Waals surface area contributed by atoms with Crippen LogP contribution < -0.4 is 0 Å². The third-order valence-corrected chi connectivity index (χ3v) is 3.27. The van der Waals surface area contributed by atoms with E-state index in [1.165, 1.54) is 13.4 Å². The summed E-state index contributed by atoms with van der Waals surface area (Å²) in [5.41, 5.74) is 0.160. The summed E-state index contributed by atoms with van der Waals surface area (Å²) in [5, 5.41) is 10.0. The van der Waals surface area contributed by atoms with Gasteiger partial charge in [-0.05, 0) is 32.4 Å². The predicted octanol–water partition coefficient (Wildman–Crippen LogP) is 1.41. The lowest BCUT2D eigenvalue weighted by Gasteiger charge is -2.36. The molecule has 1 N–H and O–H groups in total. The molecule has 100 valence electrons. The Kier molecular flexibility index (Phi) is 3.73. The fourth-order valence-corrected chi connectivity index (χ4v) is 2.43. The van der Waals surface area contributed by atoms with Gasteiger partial charge in [0.15, 0.2) is 0 Å². The molecular weight excluding hydrogens is 234 g/mol. The third kappa shape index (κ3) is 2.91. The highest BCUT2D eigenvalue weighted by atomic mass is 16.5. The van der Waals surface area contributed by atoms with E-state index in [9.17, 15) is 9.90 Å². The molecule has 5 heteroatoms. The zero-order valence-electron chi connectivity index (χ0n) is 10.8. The highest BCUT2D eigenvalue weighted by molar-refractivity contribution is 5.87. The smallest absolute Gasteiger partial charge is 0.374 e. The maximum atomic E-state index is 11.5. The zero-order valence-corrected chi connectivity index (χ0v) is 10.8. The number of piperidine rings is 1. The molecule has 0 amide bonds. The van der Waals surface area contributed by atoms with Crippen molar-refractivity contribution in [1.82, 2.24) is 4.90 Å². The molecule has 18 heavy (non-hydrogen) atoms. The average Bonchev–Trinajstić information content (AvgIpc) is 2.75. The lowest BCUT2D eigenvalue weighted by Crippen LogP contribution is -2.45. The molecule has 0 spiro atoms. The van der Waals surface area contributed by atoms with Crippen LogP contribution in [0.25, 0.3) is 0 Å². The van der Waals surface area contributed by atoms with E-state index in [-0.39, 0.29) is 5.76 Å². The lowest BCUT2D eigenvalue weighted by molar-refractivity contribution is -0.0182. The van der Waals surface area contributed by atoms with Crippen LogP contribution in [-0.4, -0.2) is 41.8 Å². The molecule has 0 bridgehead atoms. The predicted molar refractivity (Wildman–Crippen MR) is 65.2 cm³/mol. The molecule has 5 nitrogen and oxygen atoms in total. The Bertz CT molecular complexity index is 424. The van der Waals surface area contributed by atoms with Crippen molar-refractivity contribution in [3.63, 3.8) is 0 Å². The number of furan rings is 1. The van der Waals surface area contributed by atoms with E-state index in [0.29, 0.717) is 13.1 Å². The number of β-amino-alcohol motifs (C(OH)–C–C–N with tert-alkyl or cyclic N) is 1. The van der Waals surface area contributed by atoms with E-state index >= 15 is 0 Å². The molecule has 1 atom stereocenters. The summed E-state index contributed by atoms with van der Waals surface area (Å²) in [6.07, 6.45) is 3.26. The van der Waals surface area contributed by atoms with Crippen LogP contribution in [0.1, 0.15) is 35.9 Å². The molecule has 0 radical (unpaired) electrons. The molecule has 2 heterocycles. The van der Waals surface area contributed by atoms with Gasteiger partial charge in [0.1, 0.15) is 0 Å². The van der Waals surface area contributed by atoms with Crippen molar-refractivity contribution in [3.05, 3.63) is 23.7 Å². The Labute approximate surface area is 106 Å². The third-order valence-electron chi connectivity index (χ3n) is 3.27. The highest BCUT2D eigenvalue weighted by Crippen LogP contribution is 2.23. The summed E-state index contributed by atoms with van der Waals surface area (Å²) in [7, 11) is 1.33. The monoisotopic (exact) mass is 253 g/mol. The molecule has 0 saturated carbocycles. The van der Waals surface area contributed by atoms with Crippen LogP contribution in [0.4, 0.5) is 0 Å². The van der Waals surface area contributed by atoms with Gasteiger partial charge in [-0.15, -0.1) is 0 Å². The Balaban J connectivity index is 2.05. The van der Waals surface area contributed by atoms with Crippen LogP contribution in [0.2, 0.25) is 0 Å². The van der Waals surface area contributed by atoms with Gasteiger partial charge < -0.3 is 14.3 Å². The van der Waals surface area contributed by atoms with Crippen molar-refractivity contribution < 1.29 is 19.1 Å². The SMILES string of the molecule is COC(=O)c1occc1CN1CCCC(C)(O)C1. The fraction of sp³-hybridized carbons (Fsp3) is 0.615. The molecule has 0 aliphatic carbocycles. The summed E-state index contributed by atoms with van der Waals surface area (Å²) < 4.78 is 9.81. The van der Waals surface area contributed by atoms with Gasteiger partial charge in [0.05, 0.1) is 19.0 Å². The molecular formula is C13H19NO4. The van der Waals surface area contributed by atoms with Crippen molar-refractivity contribution in [3.8, 4) is 0 Å². The summed E-state index contributed by atoms with van der Waals surface area (Å²) in [6, 6.07) is 1.77. The number of hydrogen-bond acceptors (Lipinski definition) is 5. The van der Waals surface area contributed by atoms with Crippen LogP contribution in [-0.2, 0) is 11.3 Å². The number of ether oxygens (including phenoxy) is 1. The first-order chi connectivity index (χ1) is 8.52. The van der Waals surface area contributed by atoms with Crippen LogP contribution in [0.15, 0.2) is 16.7 Å². The number of methoxy groups -OCH3 is 1. The van der Waals surface area contributed by atoms with E-state index in [2.05, 4.69) is 9.64 Å². The van der Waals surface area contributed by atoms with Crippen molar-refractivity contribution in [1.29, 1.82) is 0 Å². The second-order valence-electron chi connectivity index (χ2n) is 5.08. The molecule has 1 aliphatic heterocycles. The summed E-state index contributed by atoms with van der Waals surface area (Å²) in [6.45, 7) is 3.97. The van der Waals surface area contributed by atoms with E-state index < -0.39 is 11.6 Å². The van der Waals surface area contributed by atoms with Crippen LogP contribution in [0.5, 0.6) is 0 Å². The fourth-order valence-electron chi connectivity index (χ4n) is 2.43. The average molecular weight is 253 g/mol. The van der Waals surface area contributed by atoms with Gasteiger partial charge in [-0.2, -0.15) is 0 Å². The van der Waals surface area contributed by atoms with Crippen LogP contribution in [0, 0.1) is 0 Å². The van der Waals surface area contributed by atoms with Gasteiger partial charge in [0.25, 0.3) is 0 Å². The first kappa shape index (κ1) is 13.1. The Morgan fingerprint density at radius 1 is 1.67 bits per heavy atom.